The molecule has 0 aromatic heterocycles. The minimum absolute atomic E-state index is 0.303. The third-order valence-corrected chi connectivity index (χ3v) is 3.18. The molecule has 1 aromatic carbocycles. The fourth-order valence-corrected chi connectivity index (χ4v) is 2.08. The Kier molecular flexibility index (Phi) is 7.44. The molecule has 0 fully saturated rings. The highest BCUT2D eigenvalue weighted by molar-refractivity contribution is 5.74. The van der Waals surface area contributed by atoms with Crippen molar-refractivity contribution in [3.63, 3.8) is 0 Å². The van der Waals surface area contributed by atoms with Gasteiger partial charge in [0.25, 0.3) is 0 Å². The molecular formula is C16H22N2O8. The van der Waals surface area contributed by atoms with E-state index in [1.54, 1.807) is 20.8 Å². The van der Waals surface area contributed by atoms with Crippen LogP contribution in [0.1, 0.15) is 32.3 Å². The number of carbonyl (C=O) groups excluding carboxylic acids is 1. The minimum atomic E-state index is -1.47. The number of nitro groups is 2. The Balaban J connectivity index is 2.67. The highest BCUT2D eigenvalue weighted by Gasteiger charge is 2.25. The van der Waals surface area contributed by atoms with E-state index in [1.807, 2.05) is 0 Å². The average molecular weight is 370 g/mol. The van der Waals surface area contributed by atoms with Crippen LogP contribution in [0.3, 0.4) is 0 Å². The molecule has 0 amide bonds. The lowest BCUT2D eigenvalue weighted by Gasteiger charge is -2.21. The normalized spacial score (nSPS) is 12.5. The summed E-state index contributed by atoms with van der Waals surface area (Å²) in [5.41, 5.74) is -0.304. The summed E-state index contributed by atoms with van der Waals surface area (Å²) < 4.78 is 10.3. The van der Waals surface area contributed by atoms with Gasteiger partial charge < -0.3 is 14.6 Å². The zero-order valence-corrected chi connectivity index (χ0v) is 14.8. The second kappa shape index (κ2) is 9.09. The summed E-state index contributed by atoms with van der Waals surface area (Å²) in [7, 11) is 0. The molecule has 0 bridgehead atoms. The Bertz CT molecular complexity index is 623. The second-order valence-electron chi connectivity index (χ2n) is 6.66. The molecule has 1 N–H and O–H groups in total. The number of hydrogen-bond acceptors (Lipinski definition) is 8. The maximum absolute atomic E-state index is 11.6. The van der Waals surface area contributed by atoms with Crippen LogP contribution in [-0.2, 0) is 9.53 Å². The van der Waals surface area contributed by atoms with Crippen molar-refractivity contribution in [2.45, 2.75) is 38.4 Å². The second-order valence-corrected chi connectivity index (χ2v) is 6.66. The summed E-state index contributed by atoms with van der Waals surface area (Å²) in [5, 5.41) is 31.1. The SMILES string of the molecule is CC(C)(C)OC(=O)C(O)COc1ccc(C(C[N+](=O)[O-])C[N+](=O)[O-])cc1. The first kappa shape index (κ1) is 21.3. The molecule has 26 heavy (non-hydrogen) atoms. The molecule has 0 aliphatic carbocycles. The molecule has 0 saturated carbocycles. The van der Waals surface area contributed by atoms with E-state index in [2.05, 4.69) is 0 Å². The fourth-order valence-electron chi connectivity index (χ4n) is 2.08. The van der Waals surface area contributed by atoms with Gasteiger partial charge in [0.1, 0.15) is 23.9 Å². The van der Waals surface area contributed by atoms with Crippen LogP contribution in [0.5, 0.6) is 5.75 Å². The van der Waals surface area contributed by atoms with Gasteiger partial charge in [0, 0.05) is 9.85 Å². The average Bonchev–Trinajstić information content (AvgIpc) is 2.50. The van der Waals surface area contributed by atoms with E-state index in [9.17, 15) is 30.1 Å². The lowest BCUT2D eigenvalue weighted by atomic mass is 9.99. The standard InChI is InChI=1S/C16H22N2O8/c1-16(2,3)26-15(20)14(19)10-25-13-6-4-11(5-7-13)12(8-17(21)22)9-18(23)24/h4-7,12,14,19H,8-10H2,1-3H3. The molecule has 10 heteroatoms. The van der Waals surface area contributed by atoms with Crippen LogP contribution in [0.15, 0.2) is 24.3 Å². The van der Waals surface area contributed by atoms with E-state index >= 15 is 0 Å². The molecule has 1 unspecified atom stereocenters. The molecule has 1 aromatic rings. The quantitative estimate of drug-likeness (QED) is 0.390. The molecular weight excluding hydrogens is 348 g/mol. The topological polar surface area (TPSA) is 142 Å². The van der Waals surface area contributed by atoms with Crippen molar-refractivity contribution in [2.75, 3.05) is 19.7 Å². The van der Waals surface area contributed by atoms with Crippen molar-refractivity contribution in [2.24, 2.45) is 0 Å². The first-order valence-electron chi connectivity index (χ1n) is 7.85. The molecule has 10 nitrogen and oxygen atoms in total. The van der Waals surface area contributed by atoms with Crippen molar-refractivity contribution < 1.29 is 29.2 Å². The molecule has 0 aliphatic rings. The number of benzene rings is 1. The summed E-state index contributed by atoms with van der Waals surface area (Å²) in [4.78, 5) is 31.8. The van der Waals surface area contributed by atoms with Gasteiger partial charge in [-0.1, -0.05) is 12.1 Å². The van der Waals surface area contributed by atoms with Crippen molar-refractivity contribution >= 4 is 5.97 Å². The van der Waals surface area contributed by atoms with Crippen LogP contribution in [-0.4, -0.2) is 52.3 Å². The third-order valence-electron chi connectivity index (χ3n) is 3.18. The van der Waals surface area contributed by atoms with Crippen molar-refractivity contribution in [1.29, 1.82) is 0 Å². The maximum Gasteiger partial charge on any atom is 0.339 e. The summed E-state index contributed by atoms with van der Waals surface area (Å²) in [6.45, 7) is 3.56. The Morgan fingerprint density at radius 1 is 1.12 bits per heavy atom. The number of esters is 1. The number of nitrogens with zero attached hydrogens (tertiary/aromatic N) is 2. The fraction of sp³-hybridized carbons (Fsp3) is 0.562. The van der Waals surface area contributed by atoms with Gasteiger partial charge in [-0.15, -0.1) is 0 Å². The third kappa shape index (κ3) is 7.88. The Labute approximate surface area is 150 Å². The summed E-state index contributed by atoms with van der Waals surface area (Å²) in [6, 6.07) is 5.88. The summed E-state index contributed by atoms with van der Waals surface area (Å²) >= 11 is 0. The lowest BCUT2D eigenvalue weighted by Crippen LogP contribution is -2.35. The van der Waals surface area contributed by atoms with Gasteiger partial charge in [-0.05, 0) is 38.5 Å². The van der Waals surface area contributed by atoms with Gasteiger partial charge in [-0.2, -0.15) is 0 Å². The van der Waals surface area contributed by atoms with Crippen LogP contribution in [0, 0.1) is 20.2 Å². The van der Waals surface area contributed by atoms with Crippen LogP contribution in [0.25, 0.3) is 0 Å². The zero-order chi connectivity index (χ0) is 19.9. The molecule has 0 heterocycles. The maximum atomic E-state index is 11.6. The van der Waals surface area contributed by atoms with Gasteiger partial charge in [0.15, 0.2) is 6.10 Å². The highest BCUT2D eigenvalue weighted by atomic mass is 16.6. The van der Waals surface area contributed by atoms with Gasteiger partial charge in [0.05, 0.1) is 0 Å². The Morgan fingerprint density at radius 3 is 2.04 bits per heavy atom. The number of aliphatic hydroxyl groups is 1. The molecule has 0 spiro atoms. The largest absolute Gasteiger partial charge is 0.490 e. The molecule has 1 atom stereocenters. The first-order chi connectivity index (χ1) is 12.0. The molecule has 0 aliphatic heterocycles. The van der Waals surface area contributed by atoms with E-state index in [1.165, 1.54) is 24.3 Å². The molecule has 144 valence electrons. The number of carbonyl (C=O) groups is 1. The van der Waals surface area contributed by atoms with Crippen LogP contribution >= 0.6 is 0 Å². The van der Waals surface area contributed by atoms with Crippen LogP contribution < -0.4 is 4.74 Å². The van der Waals surface area contributed by atoms with E-state index < -0.39 is 46.5 Å². The summed E-state index contributed by atoms with van der Waals surface area (Å²) in [5.74, 6) is -1.37. The monoisotopic (exact) mass is 370 g/mol. The van der Waals surface area contributed by atoms with Crippen LogP contribution in [0.4, 0.5) is 0 Å². The van der Waals surface area contributed by atoms with Gasteiger partial charge in [-0.3, -0.25) is 20.2 Å². The van der Waals surface area contributed by atoms with Crippen molar-refractivity contribution in [1.82, 2.24) is 0 Å². The predicted molar refractivity (Wildman–Crippen MR) is 90.3 cm³/mol. The van der Waals surface area contributed by atoms with E-state index in [4.69, 9.17) is 9.47 Å². The van der Waals surface area contributed by atoms with E-state index in [-0.39, 0.29) is 6.61 Å². The molecule has 0 radical (unpaired) electrons. The van der Waals surface area contributed by atoms with Gasteiger partial charge >= 0.3 is 5.97 Å². The number of ether oxygens (including phenoxy) is 2. The molecule has 1 rings (SSSR count). The lowest BCUT2D eigenvalue weighted by molar-refractivity contribution is -0.516. The number of hydrogen-bond donors (Lipinski definition) is 1. The van der Waals surface area contributed by atoms with E-state index in [0.29, 0.717) is 11.3 Å². The van der Waals surface area contributed by atoms with E-state index in [0.717, 1.165) is 0 Å². The highest BCUT2D eigenvalue weighted by Crippen LogP contribution is 2.21. The smallest absolute Gasteiger partial charge is 0.339 e. The molecule has 0 saturated heterocycles. The van der Waals surface area contributed by atoms with Crippen LogP contribution in [0.2, 0.25) is 0 Å². The number of aliphatic hydroxyl groups excluding tert-OH is 1. The Hall–Kier alpha value is -2.75. The van der Waals surface area contributed by atoms with Gasteiger partial charge in [0.2, 0.25) is 13.1 Å². The number of rotatable bonds is 9. The van der Waals surface area contributed by atoms with Gasteiger partial charge in [-0.25, -0.2) is 4.79 Å². The zero-order valence-electron chi connectivity index (χ0n) is 14.8. The Morgan fingerprint density at radius 2 is 1.62 bits per heavy atom. The summed E-state index contributed by atoms with van der Waals surface area (Å²) in [6.07, 6.45) is -1.47. The predicted octanol–water partition coefficient (Wildman–Crippen LogP) is 1.41. The van der Waals surface area contributed by atoms with Crippen molar-refractivity contribution in [3.8, 4) is 5.75 Å². The first-order valence-corrected chi connectivity index (χ1v) is 7.85. The minimum Gasteiger partial charge on any atom is -0.490 e. The van der Waals surface area contributed by atoms with Crippen molar-refractivity contribution in [3.05, 3.63) is 50.1 Å².